The Labute approximate surface area is 129 Å². The van der Waals surface area contributed by atoms with Crippen LogP contribution in [0.5, 0.6) is 0 Å². The van der Waals surface area contributed by atoms with Crippen molar-refractivity contribution in [3.8, 4) is 0 Å². The van der Waals surface area contributed by atoms with Crippen LogP contribution in [0.25, 0.3) is 0 Å². The van der Waals surface area contributed by atoms with Gasteiger partial charge < -0.3 is 5.32 Å². The SMILES string of the molecule is CCCCC(CC)CNC1CC(c2cccc(Cl)c2)C1. The molecule has 1 aliphatic carbocycles. The summed E-state index contributed by atoms with van der Waals surface area (Å²) in [6.07, 6.45) is 7.91. The Bertz CT molecular complexity index is 398. The van der Waals surface area contributed by atoms with Crippen LogP contribution in [0, 0.1) is 5.92 Å². The second kappa shape index (κ2) is 8.05. The third-order valence-electron chi connectivity index (χ3n) is 4.70. The number of hydrogen-bond acceptors (Lipinski definition) is 1. The number of halogens is 1. The predicted octanol–water partition coefficient (Wildman–Crippen LogP) is 5.39. The van der Waals surface area contributed by atoms with Crippen molar-refractivity contribution in [1.29, 1.82) is 0 Å². The fraction of sp³-hybridized carbons (Fsp3) is 0.667. The van der Waals surface area contributed by atoms with Gasteiger partial charge in [0.25, 0.3) is 0 Å². The zero-order valence-electron chi connectivity index (χ0n) is 12.9. The minimum absolute atomic E-state index is 0.710. The molecule has 0 bridgehead atoms. The molecule has 1 unspecified atom stereocenters. The number of hydrogen-bond donors (Lipinski definition) is 1. The lowest BCUT2D eigenvalue weighted by Crippen LogP contribution is -2.42. The van der Waals surface area contributed by atoms with Gasteiger partial charge in [0, 0.05) is 11.1 Å². The van der Waals surface area contributed by atoms with Crippen molar-refractivity contribution in [2.75, 3.05) is 6.54 Å². The van der Waals surface area contributed by atoms with Gasteiger partial charge in [-0.15, -0.1) is 0 Å². The molecule has 1 aromatic carbocycles. The van der Waals surface area contributed by atoms with Crippen molar-refractivity contribution < 1.29 is 0 Å². The molecule has 1 nitrogen and oxygen atoms in total. The Morgan fingerprint density at radius 1 is 1.30 bits per heavy atom. The summed E-state index contributed by atoms with van der Waals surface area (Å²) in [5, 5.41) is 4.63. The molecular weight excluding hydrogens is 266 g/mol. The quantitative estimate of drug-likeness (QED) is 0.677. The first-order valence-electron chi connectivity index (χ1n) is 8.21. The lowest BCUT2D eigenvalue weighted by molar-refractivity contribution is 0.269. The molecule has 1 N–H and O–H groups in total. The smallest absolute Gasteiger partial charge is 0.0408 e. The molecule has 0 aromatic heterocycles. The van der Waals surface area contributed by atoms with E-state index in [-0.39, 0.29) is 0 Å². The van der Waals surface area contributed by atoms with E-state index in [1.54, 1.807) is 0 Å². The van der Waals surface area contributed by atoms with Crippen molar-refractivity contribution in [2.24, 2.45) is 5.92 Å². The lowest BCUT2D eigenvalue weighted by atomic mass is 9.75. The average molecular weight is 294 g/mol. The highest BCUT2D eigenvalue weighted by Crippen LogP contribution is 2.37. The van der Waals surface area contributed by atoms with Gasteiger partial charge in [-0.2, -0.15) is 0 Å². The van der Waals surface area contributed by atoms with Crippen molar-refractivity contribution in [1.82, 2.24) is 5.32 Å². The van der Waals surface area contributed by atoms with Crippen molar-refractivity contribution in [2.45, 2.75) is 64.3 Å². The molecular formula is C18H28ClN. The molecule has 1 aromatic rings. The van der Waals surface area contributed by atoms with Crippen LogP contribution in [0.2, 0.25) is 5.02 Å². The van der Waals surface area contributed by atoms with Crippen LogP contribution in [0.15, 0.2) is 24.3 Å². The first-order chi connectivity index (χ1) is 9.72. The average Bonchev–Trinajstić information content (AvgIpc) is 2.40. The van der Waals surface area contributed by atoms with E-state index in [0.717, 1.165) is 17.0 Å². The van der Waals surface area contributed by atoms with Gasteiger partial charge in [0.1, 0.15) is 0 Å². The Morgan fingerprint density at radius 3 is 2.75 bits per heavy atom. The molecule has 1 aliphatic rings. The van der Waals surface area contributed by atoms with Crippen LogP contribution < -0.4 is 5.32 Å². The summed E-state index contributed by atoms with van der Waals surface area (Å²) in [6.45, 7) is 5.79. The first-order valence-corrected chi connectivity index (χ1v) is 8.59. The Kier molecular flexibility index (Phi) is 6.38. The van der Waals surface area contributed by atoms with Gasteiger partial charge in [0.05, 0.1) is 0 Å². The fourth-order valence-electron chi connectivity index (χ4n) is 3.09. The zero-order valence-corrected chi connectivity index (χ0v) is 13.6. The number of benzene rings is 1. The molecule has 20 heavy (non-hydrogen) atoms. The van der Waals surface area contributed by atoms with Gasteiger partial charge in [-0.05, 0) is 55.3 Å². The highest BCUT2D eigenvalue weighted by atomic mass is 35.5. The second-order valence-electron chi connectivity index (χ2n) is 6.25. The standard InChI is InChI=1S/C18H28ClN/c1-3-5-7-14(4-2)13-20-18-11-16(12-18)15-8-6-9-17(19)10-15/h6,8-10,14,16,18,20H,3-5,7,11-13H2,1-2H3. The Balaban J connectivity index is 1.68. The number of rotatable bonds is 8. The topological polar surface area (TPSA) is 12.0 Å². The van der Waals surface area contributed by atoms with E-state index in [9.17, 15) is 0 Å². The summed E-state index contributed by atoms with van der Waals surface area (Å²) in [5.74, 6) is 1.57. The van der Waals surface area contributed by atoms with Crippen molar-refractivity contribution >= 4 is 11.6 Å². The largest absolute Gasteiger partial charge is 0.314 e. The summed E-state index contributed by atoms with van der Waals surface area (Å²) in [4.78, 5) is 0. The number of nitrogens with one attached hydrogen (secondary N) is 1. The lowest BCUT2D eigenvalue weighted by Gasteiger charge is -2.37. The maximum atomic E-state index is 6.06. The highest BCUT2D eigenvalue weighted by molar-refractivity contribution is 6.30. The molecule has 0 aliphatic heterocycles. The number of unbranched alkanes of at least 4 members (excludes halogenated alkanes) is 1. The molecule has 112 valence electrons. The maximum Gasteiger partial charge on any atom is 0.0408 e. The van der Waals surface area contributed by atoms with Gasteiger partial charge in [-0.3, -0.25) is 0 Å². The summed E-state index contributed by atoms with van der Waals surface area (Å²) in [6, 6.07) is 9.08. The van der Waals surface area contributed by atoms with Crippen LogP contribution in [-0.4, -0.2) is 12.6 Å². The minimum atomic E-state index is 0.710. The summed E-state index contributed by atoms with van der Waals surface area (Å²) in [7, 11) is 0. The minimum Gasteiger partial charge on any atom is -0.314 e. The zero-order chi connectivity index (χ0) is 14.4. The van der Waals surface area contributed by atoms with Gasteiger partial charge in [0.15, 0.2) is 0 Å². The van der Waals surface area contributed by atoms with E-state index in [2.05, 4.69) is 37.4 Å². The highest BCUT2D eigenvalue weighted by Gasteiger charge is 2.30. The van der Waals surface area contributed by atoms with Gasteiger partial charge >= 0.3 is 0 Å². The van der Waals surface area contributed by atoms with E-state index in [1.807, 2.05) is 6.07 Å². The molecule has 0 saturated heterocycles. The molecule has 0 spiro atoms. The fourth-order valence-corrected chi connectivity index (χ4v) is 3.29. The maximum absolute atomic E-state index is 6.06. The van der Waals surface area contributed by atoms with Gasteiger partial charge in [-0.25, -0.2) is 0 Å². The molecule has 1 atom stereocenters. The molecule has 2 rings (SSSR count). The molecule has 0 amide bonds. The second-order valence-corrected chi connectivity index (χ2v) is 6.68. The van der Waals surface area contributed by atoms with E-state index in [4.69, 9.17) is 11.6 Å². The van der Waals surface area contributed by atoms with Gasteiger partial charge in [0.2, 0.25) is 0 Å². The van der Waals surface area contributed by atoms with Crippen LogP contribution in [0.1, 0.15) is 63.9 Å². The van der Waals surface area contributed by atoms with Crippen LogP contribution in [0.4, 0.5) is 0 Å². The summed E-state index contributed by atoms with van der Waals surface area (Å²) >= 11 is 6.06. The Morgan fingerprint density at radius 2 is 2.10 bits per heavy atom. The van der Waals surface area contributed by atoms with Crippen LogP contribution in [0.3, 0.4) is 0 Å². The molecule has 2 heteroatoms. The molecule has 0 heterocycles. The van der Waals surface area contributed by atoms with Gasteiger partial charge in [-0.1, -0.05) is 56.8 Å². The monoisotopic (exact) mass is 293 g/mol. The van der Waals surface area contributed by atoms with Crippen molar-refractivity contribution in [3.63, 3.8) is 0 Å². The third kappa shape index (κ3) is 4.49. The third-order valence-corrected chi connectivity index (χ3v) is 4.93. The molecule has 1 fully saturated rings. The van der Waals surface area contributed by atoms with Crippen LogP contribution >= 0.6 is 11.6 Å². The van der Waals surface area contributed by atoms with E-state index in [1.165, 1.54) is 50.6 Å². The predicted molar refractivity (Wildman–Crippen MR) is 88.5 cm³/mol. The summed E-state index contributed by atoms with van der Waals surface area (Å²) < 4.78 is 0. The van der Waals surface area contributed by atoms with Crippen LogP contribution in [-0.2, 0) is 0 Å². The van der Waals surface area contributed by atoms with Crippen molar-refractivity contribution in [3.05, 3.63) is 34.9 Å². The van der Waals surface area contributed by atoms with E-state index >= 15 is 0 Å². The molecule has 1 saturated carbocycles. The molecule has 0 radical (unpaired) electrons. The Hall–Kier alpha value is -0.530. The van der Waals surface area contributed by atoms with E-state index in [0.29, 0.717) is 5.92 Å². The van der Waals surface area contributed by atoms with E-state index < -0.39 is 0 Å². The first kappa shape index (κ1) is 15.9. The normalized spacial score (nSPS) is 23.4. The summed E-state index contributed by atoms with van der Waals surface area (Å²) in [5.41, 5.74) is 1.41.